The standard InChI is InChI=1S/C14H26N4O2/c1-2-5-15-13(19)10-17-6-8-18(9-7-17)11-14(20)16-12-3-4-12/h12H,2-11H2,1H3,(H,15,19)(H,16,20). The van der Waals surface area contributed by atoms with Gasteiger partial charge in [-0.05, 0) is 19.3 Å². The van der Waals surface area contributed by atoms with Crippen molar-refractivity contribution in [2.45, 2.75) is 32.2 Å². The molecule has 1 aliphatic heterocycles. The second kappa shape index (κ2) is 7.59. The van der Waals surface area contributed by atoms with Crippen LogP contribution in [0.5, 0.6) is 0 Å². The molecule has 6 nitrogen and oxygen atoms in total. The minimum atomic E-state index is 0.103. The average Bonchev–Trinajstić information content (AvgIpc) is 3.22. The maximum absolute atomic E-state index is 11.7. The first-order valence-corrected chi connectivity index (χ1v) is 7.68. The van der Waals surface area contributed by atoms with E-state index < -0.39 is 0 Å². The van der Waals surface area contributed by atoms with E-state index in [2.05, 4.69) is 20.4 Å². The van der Waals surface area contributed by atoms with Crippen LogP contribution < -0.4 is 10.6 Å². The van der Waals surface area contributed by atoms with Gasteiger partial charge in [0.25, 0.3) is 0 Å². The number of carbonyl (C=O) groups is 2. The zero-order valence-electron chi connectivity index (χ0n) is 12.4. The summed E-state index contributed by atoms with van der Waals surface area (Å²) in [5.74, 6) is 0.244. The van der Waals surface area contributed by atoms with Crippen molar-refractivity contribution in [3.63, 3.8) is 0 Å². The maximum atomic E-state index is 11.7. The van der Waals surface area contributed by atoms with Gasteiger partial charge >= 0.3 is 0 Å². The van der Waals surface area contributed by atoms with Crippen LogP contribution >= 0.6 is 0 Å². The molecule has 2 rings (SSSR count). The first-order chi connectivity index (χ1) is 9.67. The third-order valence-corrected chi connectivity index (χ3v) is 3.71. The third kappa shape index (κ3) is 5.46. The summed E-state index contributed by atoms with van der Waals surface area (Å²) in [6.45, 7) is 7.20. The predicted octanol–water partition coefficient (Wildman–Crippen LogP) is -0.591. The van der Waals surface area contributed by atoms with Crippen LogP contribution in [0.4, 0.5) is 0 Å². The molecule has 0 atom stereocenters. The largest absolute Gasteiger partial charge is 0.355 e. The van der Waals surface area contributed by atoms with Crippen molar-refractivity contribution < 1.29 is 9.59 Å². The Kier molecular flexibility index (Phi) is 5.79. The zero-order chi connectivity index (χ0) is 14.4. The summed E-state index contributed by atoms with van der Waals surface area (Å²) in [6.07, 6.45) is 3.23. The van der Waals surface area contributed by atoms with Gasteiger partial charge in [-0.25, -0.2) is 0 Å². The lowest BCUT2D eigenvalue weighted by atomic mass is 10.3. The maximum Gasteiger partial charge on any atom is 0.234 e. The Labute approximate surface area is 120 Å². The molecule has 1 saturated carbocycles. The lowest BCUT2D eigenvalue weighted by Crippen LogP contribution is -2.51. The Morgan fingerprint density at radius 1 is 1.00 bits per heavy atom. The van der Waals surface area contributed by atoms with E-state index in [0.29, 0.717) is 19.1 Å². The second-order valence-corrected chi connectivity index (χ2v) is 5.74. The van der Waals surface area contributed by atoms with Crippen molar-refractivity contribution in [2.75, 3.05) is 45.8 Å². The number of nitrogens with one attached hydrogen (secondary N) is 2. The SMILES string of the molecule is CCCNC(=O)CN1CCN(CC(=O)NC2CC2)CC1. The van der Waals surface area contributed by atoms with Crippen molar-refractivity contribution in [3.8, 4) is 0 Å². The first kappa shape index (κ1) is 15.3. The van der Waals surface area contributed by atoms with Crippen LogP contribution in [0.25, 0.3) is 0 Å². The molecule has 0 aromatic heterocycles. The predicted molar refractivity (Wildman–Crippen MR) is 77.3 cm³/mol. The summed E-state index contributed by atoms with van der Waals surface area (Å²) < 4.78 is 0. The van der Waals surface area contributed by atoms with Crippen LogP contribution in [0.1, 0.15) is 26.2 Å². The fraction of sp³-hybridized carbons (Fsp3) is 0.857. The number of hydrogen-bond donors (Lipinski definition) is 2. The molecule has 1 saturated heterocycles. The summed E-state index contributed by atoms with van der Waals surface area (Å²) in [5.41, 5.74) is 0. The van der Waals surface area contributed by atoms with E-state index in [1.807, 2.05) is 6.92 Å². The Morgan fingerprint density at radius 2 is 1.55 bits per heavy atom. The van der Waals surface area contributed by atoms with Crippen molar-refractivity contribution in [1.82, 2.24) is 20.4 Å². The number of rotatable bonds is 7. The zero-order valence-corrected chi connectivity index (χ0v) is 12.4. The van der Waals surface area contributed by atoms with Crippen LogP contribution in [-0.2, 0) is 9.59 Å². The molecule has 1 heterocycles. The summed E-state index contributed by atoms with van der Waals surface area (Å²) in [4.78, 5) is 27.7. The fourth-order valence-electron chi connectivity index (χ4n) is 2.33. The average molecular weight is 282 g/mol. The van der Waals surface area contributed by atoms with Gasteiger partial charge in [-0.3, -0.25) is 19.4 Å². The number of amides is 2. The summed E-state index contributed by atoms with van der Waals surface area (Å²) in [5, 5.41) is 5.90. The van der Waals surface area contributed by atoms with E-state index in [4.69, 9.17) is 0 Å². The highest BCUT2D eigenvalue weighted by Crippen LogP contribution is 2.18. The first-order valence-electron chi connectivity index (χ1n) is 7.68. The van der Waals surface area contributed by atoms with Crippen LogP contribution in [-0.4, -0.2) is 73.5 Å². The van der Waals surface area contributed by atoms with Gasteiger partial charge in [0.1, 0.15) is 0 Å². The molecule has 2 N–H and O–H groups in total. The quantitative estimate of drug-likeness (QED) is 0.655. The van der Waals surface area contributed by atoms with Gasteiger partial charge in [0.2, 0.25) is 11.8 Å². The van der Waals surface area contributed by atoms with E-state index in [0.717, 1.165) is 52.0 Å². The van der Waals surface area contributed by atoms with Gasteiger partial charge < -0.3 is 10.6 Å². The van der Waals surface area contributed by atoms with E-state index in [1.54, 1.807) is 0 Å². The van der Waals surface area contributed by atoms with Crippen LogP contribution in [0.2, 0.25) is 0 Å². The number of carbonyl (C=O) groups excluding carboxylic acids is 2. The smallest absolute Gasteiger partial charge is 0.234 e. The van der Waals surface area contributed by atoms with Crippen LogP contribution in [0.3, 0.4) is 0 Å². The minimum absolute atomic E-state index is 0.103. The van der Waals surface area contributed by atoms with Gasteiger partial charge in [-0.1, -0.05) is 6.92 Å². The summed E-state index contributed by atoms with van der Waals surface area (Å²) in [7, 11) is 0. The molecule has 0 spiro atoms. The summed E-state index contributed by atoms with van der Waals surface area (Å²) >= 11 is 0. The highest BCUT2D eigenvalue weighted by molar-refractivity contribution is 5.79. The molecule has 2 fully saturated rings. The molecule has 0 unspecified atom stereocenters. The Morgan fingerprint density at radius 3 is 2.05 bits per heavy atom. The molecule has 1 aliphatic carbocycles. The van der Waals surface area contributed by atoms with Gasteiger partial charge in [0, 0.05) is 38.8 Å². The Balaban J connectivity index is 1.59. The lowest BCUT2D eigenvalue weighted by Gasteiger charge is -2.33. The van der Waals surface area contributed by atoms with Crippen molar-refractivity contribution >= 4 is 11.8 Å². The van der Waals surface area contributed by atoms with Gasteiger partial charge in [0.15, 0.2) is 0 Å². The van der Waals surface area contributed by atoms with E-state index in [9.17, 15) is 9.59 Å². The topological polar surface area (TPSA) is 64.7 Å². The van der Waals surface area contributed by atoms with Crippen molar-refractivity contribution in [2.24, 2.45) is 0 Å². The number of hydrogen-bond acceptors (Lipinski definition) is 4. The third-order valence-electron chi connectivity index (χ3n) is 3.71. The fourth-order valence-corrected chi connectivity index (χ4v) is 2.33. The molecule has 0 bridgehead atoms. The lowest BCUT2D eigenvalue weighted by molar-refractivity contribution is -0.125. The molecule has 2 aliphatic rings. The molecule has 0 radical (unpaired) electrons. The number of nitrogens with zero attached hydrogens (tertiary/aromatic N) is 2. The van der Waals surface area contributed by atoms with Crippen molar-refractivity contribution in [3.05, 3.63) is 0 Å². The van der Waals surface area contributed by atoms with Gasteiger partial charge in [-0.15, -0.1) is 0 Å². The highest BCUT2D eigenvalue weighted by Gasteiger charge is 2.25. The van der Waals surface area contributed by atoms with Crippen LogP contribution in [0, 0.1) is 0 Å². The Bertz CT molecular complexity index is 336. The molecule has 2 amide bonds. The molecule has 114 valence electrons. The van der Waals surface area contributed by atoms with E-state index in [1.165, 1.54) is 0 Å². The van der Waals surface area contributed by atoms with E-state index >= 15 is 0 Å². The molecular weight excluding hydrogens is 256 g/mol. The highest BCUT2D eigenvalue weighted by atomic mass is 16.2. The second-order valence-electron chi connectivity index (χ2n) is 5.74. The van der Waals surface area contributed by atoms with Gasteiger partial charge in [-0.2, -0.15) is 0 Å². The monoisotopic (exact) mass is 282 g/mol. The molecule has 20 heavy (non-hydrogen) atoms. The molecule has 0 aromatic carbocycles. The van der Waals surface area contributed by atoms with Gasteiger partial charge in [0.05, 0.1) is 13.1 Å². The summed E-state index contributed by atoms with van der Waals surface area (Å²) in [6, 6.07) is 0.436. The van der Waals surface area contributed by atoms with Crippen molar-refractivity contribution in [1.29, 1.82) is 0 Å². The molecular formula is C14H26N4O2. The normalized spacial score (nSPS) is 20.6. The number of piperazine rings is 1. The van der Waals surface area contributed by atoms with E-state index in [-0.39, 0.29) is 11.8 Å². The molecule has 6 heteroatoms. The minimum Gasteiger partial charge on any atom is -0.355 e. The molecule has 0 aromatic rings. The van der Waals surface area contributed by atoms with Crippen LogP contribution in [0.15, 0.2) is 0 Å². The Hall–Kier alpha value is -1.14.